The maximum absolute atomic E-state index is 11.7. The predicted octanol–water partition coefficient (Wildman–Crippen LogP) is 0.786. The summed E-state index contributed by atoms with van der Waals surface area (Å²) in [5.41, 5.74) is 0. The summed E-state index contributed by atoms with van der Waals surface area (Å²) in [6.07, 6.45) is 2.52. The minimum atomic E-state index is 0. The highest BCUT2D eigenvalue weighted by molar-refractivity contribution is 5.78. The molecule has 0 atom stereocenters. The van der Waals surface area contributed by atoms with Crippen molar-refractivity contribution in [1.82, 2.24) is 15.1 Å². The molecule has 4 heteroatoms. The second-order valence-corrected chi connectivity index (χ2v) is 4.36. The van der Waals surface area contributed by atoms with E-state index in [4.69, 9.17) is 0 Å². The maximum Gasteiger partial charge on any atom is 0.236 e. The third-order valence-corrected chi connectivity index (χ3v) is 3.08. The van der Waals surface area contributed by atoms with E-state index in [9.17, 15) is 4.79 Å². The molecule has 16 heavy (non-hydrogen) atoms. The molecule has 0 unspecified atom stereocenters. The van der Waals surface area contributed by atoms with Crippen LogP contribution >= 0.6 is 0 Å². The monoisotopic (exact) mass is 229 g/mol. The Balaban J connectivity index is 0.00000256. The van der Waals surface area contributed by atoms with Gasteiger partial charge in [0.15, 0.2) is 0 Å². The molecule has 1 amide bonds. The van der Waals surface area contributed by atoms with Crippen LogP contribution in [0.4, 0.5) is 0 Å². The van der Waals surface area contributed by atoms with E-state index in [0.717, 1.165) is 32.7 Å². The summed E-state index contributed by atoms with van der Waals surface area (Å²) in [7, 11) is 0. The van der Waals surface area contributed by atoms with Crippen LogP contribution in [0.15, 0.2) is 0 Å². The third kappa shape index (κ3) is 4.49. The number of hydrogen-bond acceptors (Lipinski definition) is 3. The largest absolute Gasteiger partial charge is 0.339 e. The SMILES string of the molecule is CCCCN1CCN(C(=O)CNCC)CC1.[HH]. The summed E-state index contributed by atoms with van der Waals surface area (Å²) >= 11 is 0. The fourth-order valence-electron chi connectivity index (χ4n) is 1.95. The van der Waals surface area contributed by atoms with Gasteiger partial charge >= 0.3 is 0 Å². The van der Waals surface area contributed by atoms with Crippen molar-refractivity contribution < 1.29 is 6.22 Å². The summed E-state index contributed by atoms with van der Waals surface area (Å²) in [5, 5.41) is 3.09. The minimum Gasteiger partial charge on any atom is -0.339 e. The Labute approximate surface area is 100 Å². The first-order chi connectivity index (χ1) is 7.77. The molecule has 0 aliphatic carbocycles. The Kier molecular flexibility index (Phi) is 6.42. The second kappa shape index (κ2) is 7.63. The molecule has 1 aliphatic heterocycles. The first-order valence-corrected chi connectivity index (χ1v) is 6.48. The van der Waals surface area contributed by atoms with Crippen LogP contribution in [0.3, 0.4) is 0 Å². The number of amides is 1. The number of rotatable bonds is 6. The van der Waals surface area contributed by atoms with E-state index in [-0.39, 0.29) is 7.33 Å². The van der Waals surface area contributed by atoms with Gasteiger partial charge in [0, 0.05) is 27.6 Å². The van der Waals surface area contributed by atoms with Gasteiger partial charge in [0.1, 0.15) is 0 Å². The van der Waals surface area contributed by atoms with Crippen LogP contribution in [0.2, 0.25) is 0 Å². The van der Waals surface area contributed by atoms with E-state index in [2.05, 4.69) is 17.1 Å². The van der Waals surface area contributed by atoms with Crippen molar-refractivity contribution >= 4 is 5.91 Å². The second-order valence-electron chi connectivity index (χ2n) is 4.36. The first kappa shape index (κ1) is 13.5. The molecule has 1 rings (SSSR count). The molecule has 96 valence electrons. The molecule has 1 heterocycles. The summed E-state index contributed by atoms with van der Waals surface area (Å²) in [5.74, 6) is 0.247. The van der Waals surface area contributed by atoms with Gasteiger partial charge in [-0.05, 0) is 19.5 Å². The molecule has 1 aliphatic rings. The van der Waals surface area contributed by atoms with Gasteiger partial charge in [0.25, 0.3) is 0 Å². The Morgan fingerprint density at radius 2 is 1.94 bits per heavy atom. The number of nitrogens with zero attached hydrogens (tertiary/aromatic N) is 2. The average molecular weight is 229 g/mol. The molecule has 1 fully saturated rings. The van der Waals surface area contributed by atoms with Crippen molar-refractivity contribution in [2.45, 2.75) is 26.7 Å². The predicted molar refractivity (Wildman–Crippen MR) is 68.6 cm³/mol. The Hall–Kier alpha value is -0.610. The number of unbranched alkanes of at least 4 members (excludes halogenated alkanes) is 1. The van der Waals surface area contributed by atoms with Crippen LogP contribution in [0.25, 0.3) is 0 Å². The number of carbonyl (C=O) groups excluding carboxylic acids is 1. The molecule has 1 saturated heterocycles. The van der Waals surface area contributed by atoms with Gasteiger partial charge in [-0.2, -0.15) is 0 Å². The van der Waals surface area contributed by atoms with E-state index >= 15 is 0 Å². The van der Waals surface area contributed by atoms with Crippen LogP contribution in [-0.2, 0) is 4.79 Å². The summed E-state index contributed by atoms with van der Waals surface area (Å²) < 4.78 is 0. The number of hydrogen-bond donors (Lipinski definition) is 1. The smallest absolute Gasteiger partial charge is 0.236 e. The van der Waals surface area contributed by atoms with E-state index in [1.807, 2.05) is 11.8 Å². The van der Waals surface area contributed by atoms with Crippen LogP contribution in [0, 0.1) is 0 Å². The molecular weight excluding hydrogens is 202 g/mol. The third-order valence-electron chi connectivity index (χ3n) is 3.08. The molecule has 4 nitrogen and oxygen atoms in total. The van der Waals surface area contributed by atoms with Crippen molar-refractivity contribution in [1.29, 1.82) is 0 Å². The lowest BCUT2D eigenvalue weighted by atomic mass is 10.2. The molecule has 0 saturated carbocycles. The lowest BCUT2D eigenvalue weighted by Crippen LogP contribution is -2.50. The normalized spacial score (nSPS) is 17.8. The number of likely N-dealkylation sites (N-methyl/N-ethyl adjacent to an activating group) is 1. The van der Waals surface area contributed by atoms with Gasteiger partial charge in [-0.15, -0.1) is 0 Å². The van der Waals surface area contributed by atoms with E-state index in [1.165, 1.54) is 19.4 Å². The molecule has 0 aromatic rings. The van der Waals surface area contributed by atoms with Gasteiger partial charge in [-0.25, -0.2) is 0 Å². The van der Waals surface area contributed by atoms with Gasteiger partial charge in [0.2, 0.25) is 5.91 Å². The minimum absolute atomic E-state index is 0. The first-order valence-electron chi connectivity index (χ1n) is 6.48. The lowest BCUT2D eigenvalue weighted by Gasteiger charge is -2.34. The fourth-order valence-corrected chi connectivity index (χ4v) is 1.95. The highest BCUT2D eigenvalue weighted by Gasteiger charge is 2.19. The van der Waals surface area contributed by atoms with Gasteiger partial charge < -0.3 is 10.2 Å². The van der Waals surface area contributed by atoms with Crippen molar-refractivity contribution in [3.05, 3.63) is 0 Å². The van der Waals surface area contributed by atoms with Crippen LogP contribution in [-0.4, -0.2) is 61.5 Å². The zero-order valence-corrected chi connectivity index (χ0v) is 10.7. The maximum atomic E-state index is 11.7. The van der Waals surface area contributed by atoms with Gasteiger partial charge in [-0.3, -0.25) is 9.69 Å². The summed E-state index contributed by atoms with van der Waals surface area (Å²) in [6, 6.07) is 0. The molecule has 0 aromatic heterocycles. The van der Waals surface area contributed by atoms with Crippen LogP contribution in [0.1, 0.15) is 28.1 Å². The molecule has 0 spiro atoms. The lowest BCUT2D eigenvalue weighted by molar-refractivity contribution is -0.131. The standard InChI is InChI=1S/C12H25N3O.H2/c1-3-5-6-14-7-9-15(10-8-14)12(16)11-13-4-2;/h13H,3-11H2,1-2H3;1H. The van der Waals surface area contributed by atoms with Crippen molar-refractivity contribution in [3.8, 4) is 0 Å². The Morgan fingerprint density at radius 3 is 2.50 bits per heavy atom. The molecule has 1 N–H and O–H groups in total. The van der Waals surface area contributed by atoms with Crippen molar-refractivity contribution in [2.24, 2.45) is 0 Å². The van der Waals surface area contributed by atoms with Crippen molar-refractivity contribution in [2.75, 3.05) is 45.8 Å². The van der Waals surface area contributed by atoms with Gasteiger partial charge in [-0.1, -0.05) is 20.3 Å². The summed E-state index contributed by atoms with van der Waals surface area (Å²) in [6.45, 7) is 10.7. The number of piperazine rings is 1. The summed E-state index contributed by atoms with van der Waals surface area (Å²) in [4.78, 5) is 16.2. The zero-order valence-electron chi connectivity index (χ0n) is 10.7. The van der Waals surface area contributed by atoms with Crippen LogP contribution in [0.5, 0.6) is 0 Å². The molecule has 0 bridgehead atoms. The molecular formula is C12H27N3O. The highest BCUT2D eigenvalue weighted by atomic mass is 16.2. The van der Waals surface area contributed by atoms with E-state index < -0.39 is 0 Å². The quantitative estimate of drug-likeness (QED) is 0.731. The van der Waals surface area contributed by atoms with Crippen LogP contribution < -0.4 is 5.32 Å². The Morgan fingerprint density at radius 1 is 1.25 bits per heavy atom. The number of carbonyl (C=O) groups is 1. The van der Waals surface area contributed by atoms with E-state index in [0.29, 0.717) is 6.54 Å². The van der Waals surface area contributed by atoms with E-state index in [1.54, 1.807) is 0 Å². The topological polar surface area (TPSA) is 35.6 Å². The average Bonchev–Trinajstić information content (AvgIpc) is 2.34. The molecule has 0 aromatic carbocycles. The molecule has 0 radical (unpaired) electrons. The van der Waals surface area contributed by atoms with Crippen molar-refractivity contribution in [3.63, 3.8) is 0 Å². The Bertz CT molecular complexity index is 206. The fraction of sp³-hybridized carbons (Fsp3) is 0.917. The van der Waals surface area contributed by atoms with Gasteiger partial charge in [0.05, 0.1) is 6.54 Å². The highest BCUT2D eigenvalue weighted by Crippen LogP contribution is 2.03. The zero-order chi connectivity index (χ0) is 11.8. The number of nitrogens with one attached hydrogen (secondary N) is 1.